The lowest BCUT2D eigenvalue weighted by Crippen LogP contribution is -2.45. The van der Waals surface area contributed by atoms with Gasteiger partial charge in [-0.2, -0.15) is 0 Å². The zero-order chi connectivity index (χ0) is 22.8. The monoisotopic (exact) mass is 528 g/mol. The van der Waals surface area contributed by atoms with E-state index in [9.17, 15) is 4.79 Å². The lowest BCUT2D eigenvalue weighted by molar-refractivity contribution is -0.169. The molecule has 33 heavy (non-hydrogen) atoms. The number of nitrogens with zero attached hydrogens (tertiary/aromatic N) is 2. The van der Waals surface area contributed by atoms with Crippen LogP contribution in [0.4, 0.5) is 22.2 Å². The van der Waals surface area contributed by atoms with Crippen LogP contribution in [0.3, 0.4) is 0 Å². The fraction of sp³-hybridized carbons (Fsp3) is 0.333. The van der Waals surface area contributed by atoms with Crippen molar-refractivity contribution in [1.29, 1.82) is 0 Å². The fourth-order valence-electron chi connectivity index (χ4n) is 4.34. The third-order valence-electron chi connectivity index (χ3n) is 5.99. The fourth-order valence-corrected chi connectivity index (χ4v) is 5.42. The van der Waals surface area contributed by atoms with Crippen molar-refractivity contribution in [3.05, 3.63) is 63.6 Å². The van der Waals surface area contributed by atoms with Crippen LogP contribution in [-0.4, -0.2) is 43.0 Å². The van der Waals surface area contributed by atoms with Gasteiger partial charge < -0.3 is 25.0 Å². The molecule has 3 aromatic rings. The Bertz CT molecular complexity index is 1150. The third-order valence-corrected chi connectivity index (χ3v) is 7.44. The van der Waals surface area contributed by atoms with Crippen LogP contribution < -0.4 is 15.5 Å². The Balaban J connectivity index is 1.30. The molecular formula is C24H25BrN4O3S. The maximum Gasteiger partial charge on any atom is 0.275 e. The molecule has 0 bridgehead atoms. The largest absolute Gasteiger partial charge is 0.369 e. The number of benzene rings is 2. The van der Waals surface area contributed by atoms with E-state index >= 15 is 0 Å². The molecule has 9 heteroatoms. The number of thiazole rings is 1. The third kappa shape index (κ3) is 4.77. The van der Waals surface area contributed by atoms with Gasteiger partial charge in [0.05, 0.1) is 30.3 Å². The van der Waals surface area contributed by atoms with Gasteiger partial charge in [0.2, 0.25) is 0 Å². The Morgan fingerprint density at radius 3 is 2.58 bits per heavy atom. The zero-order valence-electron chi connectivity index (χ0n) is 18.3. The highest BCUT2D eigenvalue weighted by Crippen LogP contribution is 2.37. The maximum absolute atomic E-state index is 13.0. The molecule has 0 radical (unpaired) electrons. The lowest BCUT2D eigenvalue weighted by Gasteiger charge is -2.39. The normalized spacial score (nSPS) is 17.3. The van der Waals surface area contributed by atoms with E-state index in [0.29, 0.717) is 24.0 Å². The summed E-state index contributed by atoms with van der Waals surface area (Å²) in [5.74, 6) is -0.658. The number of rotatable bonds is 5. The van der Waals surface area contributed by atoms with Gasteiger partial charge in [-0.25, -0.2) is 4.98 Å². The van der Waals surface area contributed by atoms with Crippen molar-refractivity contribution in [2.75, 3.05) is 41.8 Å². The molecule has 0 atom stereocenters. The number of anilines is 4. The molecule has 2 aliphatic heterocycles. The van der Waals surface area contributed by atoms with Crippen LogP contribution in [0, 0.1) is 6.92 Å². The van der Waals surface area contributed by atoms with Gasteiger partial charge in [0.1, 0.15) is 5.69 Å². The number of amides is 1. The van der Waals surface area contributed by atoms with Crippen LogP contribution in [0.1, 0.15) is 28.9 Å². The van der Waals surface area contributed by atoms with E-state index in [1.807, 2.05) is 36.4 Å². The van der Waals surface area contributed by atoms with Crippen molar-refractivity contribution >= 4 is 55.4 Å². The molecular weight excluding hydrogens is 504 g/mol. The Kier molecular flexibility index (Phi) is 6.38. The highest BCUT2D eigenvalue weighted by atomic mass is 79.9. The summed E-state index contributed by atoms with van der Waals surface area (Å²) >= 11 is 4.92. The summed E-state index contributed by atoms with van der Waals surface area (Å²) in [5.41, 5.74) is 4.23. The number of ether oxygens (including phenoxy) is 2. The van der Waals surface area contributed by atoms with Gasteiger partial charge in [0.25, 0.3) is 5.91 Å². The summed E-state index contributed by atoms with van der Waals surface area (Å²) < 4.78 is 12.7. The number of para-hydroxylation sites is 2. The molecule has 3 heterocycles. The number of carbonyl (C=O) groups excluding carboxylic acids is 1. The highest BCUT2D eigenvalue weighted by molar-refractivity contribution is 9.10. The summed E-state index contributed by atoms with van der Waals surface area (Å²) in [6.07, 6.45) is 1.62. The Morgan fingerprint density at radius 1 is 1.09 bits per heavy atom. The van der Waals surface area contributed by atoms with Crippen molar-refractivity contribution in [3.63, 3.8) is 0 Å². The summed E-state index contributed by atoms with van der Waals surface area (Å²) in [4.78, 5) is 19.8. The van der Waals surface area contributed by atoms with Gasteiger partial charge >= 0.3 is 0 Å². The van der Waals surface area contributed by atoms with Gasteiger partial charge in [0, 0.05) is 35.8 Å². The Morgan fingerprint density at radius 2 is 1.82 bits per heavy atom. The second-order valence-corrected chi connectivity index (χ2v) is 9.88. The standard InChI is InChI=1S/C24H25BrN4O3S/c1-16-5-4-8-19(21(16)29-11-9-24(10-12-29)31-13-14-32-24)26-22(30)20-15-33-23(28-20)27-18-7-3-2-6-17(18)25/h2-8,15H,9-14H2,1H3,(H,26,30)(H,27,28). The molecule has 2 saturated heterocycles. The molecule has 1 aromatic heterocycles. The van der Waals surface area contributed by atoms with Crippen molar-refractivity contribution in [3.8, 4) is 0 Å². The van der Waals surface area contributed by atoms with Crippen LogP contribution in [0.5, 0.6) is 0 Å². The molecule has 5 rings (SSSR count). The lowest BCUT2D eigenvalue weighted by atomic mass is 10.0. The van der Waals surface area contributed by atoms with Crippen molar-refractivity contribution in [1.82, 2.24) is 4.98 Å². The van der Waals surface area contributed by atoms with E-state index in [0.717, 1.165) is 53.0 Å². The molecule has 7 nitrogen and oxygen atoms in total. The SMILES string of the molecule is Cc1cccc(NC(=O)c2csc(Nc3ccccc3Br)n2)c1N1CCC2(CC1)OCCO2. The highest BCUT2D eigenvalue weighted by Gasteiger charge is 2.40. The quantitative estimate of drug-likeness (QED) is 0.451. The Labute approximate surface area is 205 Å². The predicted molar refractivity (Wildman–Crippen MR) is 135 cm³/mol. The van der Waals surface area contributed by atoms with Crippen LogP contribution >= 0.6 is 27.3 Å². The molecule has 172 valence electrons. The number of nitrogens with one attached hydrogen (secondary N) is 2. The summed E-state index contributed by atoms with van der Waals surface area (Å²) in [6.45, 7) is 5.02. The maximum atomic E-state index is 13.0. The van der Waals surface area contributed by atoms with Gasteiger partial charge in [-0.05, 0) is 46.6 Å². The van der Waals surface area contributed by atoms with Gasteiger partial charge in [-0.3, -0.25) is 4.79 Å². The first-order chi connectivity index (χ1) is 16.0. The molecule has 1 amide bonds. The molecule has 0 saturated carbocycles. The van der Waals surface area contributed by atoms with E-state index in [2.05, 4.69) is 49.4 Å². The first-order valence-corrected chi connectivity index (χ1v) is 12.6. The zero-order valence-corrected chi connectivity index (χ0v) is 20.7. The summed E-state index contributed by atoms with van der Waals surface area (Å²) in [7, 11) is 0. The first-order valence-electron chi connectivity index (χ1n) is 10.9. The van der Waals surface area contributed by atoms with E-state index in [4.69, 9.17) is 9.47 Å². The molecule has 2 fully saturated rings. The minimum Gasteiger partial charge on any atom is -0.369 e. The topological polar surface area (TPSA) is 75.7 Å². The molecule has 1 spiro atoms. The summed E-state index contributed by atoms with van der Waals surface area (Å²) in [6, 6.07) is 13.8. The summed E-state index contributed by atoms with van der Waals surface area (Å²) in [5, 5.41) is 8.76. The van der Waals surface area contributed by atoms with E-state index < -0.39 is 5.79 Å². The van der Waals surface area contributed by atoms with Crippen LogP contribution in [-0.2, 0) is 9.47 Å². The van der Waals surface area contributed by atoms with Crippen LogP contribution in [0.2, 0.25) is 0 Å². The first kappa shape index (κ1) is 22.3. The molecule has 0 aliphatic carbocycles. The van der Waals surface area contributed by atoms with Crippen molar-refractivity contribution in [2.24, 2.45) is 0 Å². The number of piperidine rings is 1. The molecule has 2 aliphatic rings. The number of halogens is 1. The van der Waals surface area contributed by atoms with Crippen LogP contribution in [0.25, 0.3) is 0 Å². The second kappa shape index (κ2) is 9.42. The average molecular weight is 529 g/mol. The number of hydrogen-bond acceptors (Lipinski definition) is 7. The van der Waals surface area contributed by atoms with Crippen molar-refractivity contribution < 1.29 is 14.3 Å². The Hall–Kier alpha value is -2.46. The minimum atomic E-state index is -0.430. The van der Waals surface area contributed by atoms with Gasteiger partial charge in [0.15, 0.2) is 10.9 Å². The van der Waals surface area contributed by atoms with Gasteiger partial charge in [-0.1, -0.05) is 24.3 Å². The molecule has 0 unspecified atom stereocenters. The average Bonchev–Trinajstić information content (AvgIpc) is 3.47. The van der Waals surface area contributed by atoms with E-state index in [-0.39, 0.29) is 5.91 Å². The number of hydrogen-bond donors (Lipinski definition) is 2. The molecule has 2 N–H and O–H groups in total. The minimum absolute atomic E-state index is 0.228. The second-order valence-electron chi connectivity index (χ2n) is 8.16. The number of aryl methyl sites for hydroxylation is 1. The van der Waals surface area contributed by atoms with Crippen LogP contribution in [0.15, 0.2) is 52.3 Å². The molecule has 2 aromatic carbocycles. The predicted octanol–water partition coefficient (Wildman–Crippen LogP) is 5.55. The number of carbonyl (C=O) groups is 1. The smallest absolute Gasteiger partial charge is 0.275 e. The van der Waals surface area contributed by atoms with E-state index in [1.165, 1.54) is 11.3 Å². The number of aromatic nitrogens is 1. The van der Waals surface area contributed by atoms with E-state index in [1.54, 1.807) is 5.38 Å². The van der Waals surface area contributed by atoms with Gasteiger partial charge in [-0.15, -0.1) is 11.3 Å². The van der Waals surface area contributed by atoms with Crippen molar-refractivity contribution in [2.45, 2.75) is 25.6 Å².